The first kappa shape index (κ1) is 12.7. The number of nitrogens with one attached hydrogen (secondary N) is 1. The summed E-state index contributed by atoms with van der Waals surface area (Å²) in [4.78, 5) is 2.40. The SMILES string of the molecule is CC(C)c1ccc(N2CCN[C@H](C)C2)cc1Cl. The van der Waals surface area contributed by atoms with Crippen molar-refractivity contribution in [1.82, 2.24) is 5.32 Å². The van der Waals surface area contributed by atoms with E-state index in [1.165, 1.54) is 11.3 Å². The Balaban J connectivity index is 2.19. The van der Waals surface area contributed by atoms with E-state index in [0.717, 1.165) is 24.7 Å². The molecule has 0 spiro atoms. The number of anilines is 1. The van der Waals surface area contributed by atoms with Crippen molar-refractivity contribution < 1.29 is 0 Å². The third-order valence-electron chi connectivity index (χ3n) is 3.34. The highest BCUT2D eigenvalue weighted by Gasteiger charge is 2.16. The van der Waals surface area contributed by atoms with Gasteiger partial charge in [0.15, 0.2) is 0 Å². The smallest absolute Gasteiger partial charge is 0.0461 e. The number of nitrogens with zero attached hydrogens (tertiary/aromatic N) is 1. The molecule has 0 bridgehead atoms. The van der Waals surface area contributed by atoms with Gasteiger partial charge in [0.1, 0.15) is 0 Å². The maximum Gasteiger partial charge on any atom is 0.0461 e. The van der Waals surface area contributed by atoms with Crippen molar-refractivity contribution in [3.05, 3.63) is 28.8 Å². The molecule has 17 heavy (non-hydrogen) atoms. The van der Waals surface area contributed by atoms with Crippen molar-refractivity contribution in [2.45, 2.75) is 32.7 Å². The highest BCUT2D eigenvalue weighted by Crippen LogP contribution is 2.29. The molecule has 2 nitrogen and oxygen atoms in total. The average Bonchev–Trinajstić information content (AvgIpc) is 2.28. The minimum Gasteiger partial charge on any atom is -0.369 e. The van der Waals surface area contributed by atoms with Crippen molar-refractivity contribution in [2.75, 3.05) is 24.5 Å². The second-order valence-corrected chi connectivity index (χ2v) is 5.57. The van der Waals surface area contributed by atoms with Gasteiger partial charge in [0.2, 0.25) is 0 Å². The topological polar surface area (TPSA) is 15.3 Å². The van der Waals surface area contributed by atoms with E-state index in [1.54, 1.807) is 0 Å². The normalized spacial score (nSPS) is 21.0. The molecule has 1 aromatic carbocycles. The highest BCUT2D eigenvalue weighted by atomic mass is 35.5. The van der Waals surface area contributed by atoms with Crippen LogP contribution in [0, 0.1) is 0 Å². The monoisotopic (exact) mass is 252 g/mol. The zero-order valence-electron chi connectivity index (χ0n) is 10.8. The van der Waals surface area contributed by atoms with Gasteiger partial charge in [-0.2, -0.15) is 0 Å². The van der Waals surface area contributed by atoms with Gasteiger partial charge in [0, 0.05) is 36.4 Å². The van der Waals surface area contributed by atoms with E-state index < -0.39 is 0 Å². The third-order valence-corrected chi connectivity index (χ3v) is 3.67. The quantitative estimate of drug-likeness (QED) is 0.869. The maximum absolute atomic E-state index is 6.34. The molecular weight excluding hydrogens is 232 g/mol. The largest absolute Gasteiger partial charge is 0.369 e. The summed E-state index contributed by atoms with van der Waals surface area (Å²) < 4.78 is 0. The molecule has 3 heteroatoms. The van der Waals surface area contributed by atoms with Crippen LogP contribution in [0.1, 0.15) is 32.3 Å². The third kappa shape index (κ3) is 2.93. The molecule has 1 aliphatic heterocycles. The summed E-state index contributed by atoms with van der Waals surface area (Å²) in [5.74, 6) is 0.485. The highest BCUT2D eigenvalue weighted by molar-refractivity contribution is 6.31. The molecule has 1 heterocycles. The molecule has 1 saturated heterocycles. The lowest BCUT2D eigenvalue weighted by molar-refractivity contribution is 0.485. The van der Waals surface area contributed by atoms with Gasteiger partial charge in [-0.25, -0.2) is 0 Å². The van der Waals surface area contributed by atoms with Crippen LogP contribution in [0.5, 0.6) is 0 Å². The minimum absolute atomic E-state index is 0.485. The van der Waals surface area contributed by atoms with Crippen molar-refractivity contribution in [3.63, 3.8) is 0 Å². The van der Waals surface area contributed by atoms with Crippen LogP contribution in [0.3, 0.4) is 0 Å². The molecule has 94 valence electrons. The molecule has 1 fully saturated rings. The molecule has 0 amide bonds. The fourth-order valence-electron chi connectivity index (χ4n) is 2.35. The Labute approximate surface area is 109 Å². The van der Waals surface area contributed by atoms with Crippen LogP contribution >= 0.6 is 11.6 Å². The van der Waals surface area contributed by atoms with Gasteiger partial charge in [-0.15, -0.1) is 0 Å². The van der Waals surface area contributed by atoms with Crippen LogP contribution in [0.4, 0.5) is 5.69 Å². The van der Waals surface area contributed by atoms with Crippen molar-refractivity contribution in [1.29, 1.82) is 0 Å². The maximum atomic E-state index is 6.34. The second-order valence-electron chi connectivity index (χ2n) is 5.16. The lowest BCUT2D eigenvalue weighted by atomic mass is 10.0. The molecule has 1 aromatic rings. The van der Waals surface area contributed by atoms with Gasteiger partial charge in [-0.1, -0.05) is 31.5 Å². The fourth-order valence-corrected chi connectivity index (χ4v) is 2.74. The van der Waals surface area contributed by atoms with Crippen LogP contribution in [-0.4, -0.2) is 25.7 Å². The van der Waals surface area contributed by atoms with Gasteiger partial charge in [0.05, 0.1) is 0 Å². The van der Waals surface area contributed by atoms with Crippen LogP contribution in [0.15, 0.2) is 18.2 Å². The number of piperazine rings is 1. The summed E-state index contributed by atoms with van der Waals surface area (Å²) in [7, 11) is 0. The lowest BCUT2D eigenvalue weighted by Gasteiger charge is -2.34. The van der Waals surface area contributed by atoms with E-state index in [0.29, 0.717) is 12.0 Å². The van der Waals surface area contributed by atoms with E-state index >= 15 is 0 Å². The zero-order chi connectivity index (χ0) is 12.4. The Kier molecular flexibility index (Phi) is 3.95. The van der Waals surface area contributed by atoms with Gasteiger partial charge in [0.25, 0.3) is 0 Å². The molecule has 0 aromatic heterocycles. The first-order valence-corrected chi connectivity index (χ1v) is 6.73. The molecule has 0 saturated carbocycles. The summed E-state index contributed by atoms with van der Waals surface area (Å²) in [6.07, 6.45) is 0. The molecule has 0 unspecified atom stereocenters. The Hall–Kier alpha value is -0.730. The Morgan fingerprint density at radius 3 is 2.76 bits per heavy atom. The molecule has 2 rings (SSSR count). The first-order valence-electron chi connectivity index (χ1n) is 6.35. The number of rotatable bonds is 2. The molecule has 1 aliphatic rings. The van der Waals surface area contributed by atoms with Crippen LogP contribution in [0.2, 0.25) is 5.02 Å². The zero-order valence-corrected chi connectivity index (χ0v) is 11.6. The number of benzene rings is 1. The molecule has 1 atom stereocenters. The molecule has 1 N–H and O–H groups in total. The van der Waals surface area contributed by atoms with Crippen molar-refractivity contribution in [2.24, 2.45) is 0 Å². The van der Waals surface area contributed by atoms with E-state index in [1.807, 2.05) is 0 Å². The van der Waals surface area contributed by atoms with Crippen molar-refractivity contribution >= 4 is 17.3 Å². The second kappa shape index (κ2) is 5.28. The summed E-state index contributed by atoms with van der Waals surface area (Å²) in [5, 5.41) is 4.34. The number of halogens is 1. The van der Waals surface area contributed by atoms with Gasteiger partial charge >= 0.3 is 0 Å². The summed E-state index contributed by atoms with van der Waals surface area (Å²) in [6, 6.07) is 7.01. The van der Waals surface area contributed by atoms with Gasteiger partial charge in [-0.05, 0) is 30.5 Å². The lowest BCUT2D eigenvalue weighted by Crippen LogP contribution is -2.49. The predicted molar refractivity (Wildman–Crippen MR) is 75.2 cm³/mol. The molecule has 0 radical (unpaired) electrons. The molecule has 0 aliphatic carbocycles. The Bertz CT molecular complexity index is 390. The number of hydrogen-bond donors (Lipinski definition) is 1. The predicted octanol–water partition coefficient (Wildman–Crippen LogP) is 3.26. The summed E-state index contributed by atoms with van der Waals surface area (Å²) >= 11 is 6.34. The summed E-state index contributed by atoms with van der Waals surface area (Å²) in [6.45, 7) is 9.72. The van der Waals surface area contributed by atoms with Crippen molar-refractivity contribution in [3.8, 4) is 0 Å². The van der Waals surface area contributed by atoms with E-state index in [-0.39, 0.29) is 0 Å². The Morgan fingerprint density at radius 2 is 2.18 bits per heavy atom. The van der Waals surface area contributed by atoms with Gasteiger partial charge < -0.3 is 10.2 Å². The van der Waals surface area contributed by atoms with E-state index in [4.69, 9.17) is 11.6 Å². The van der Waals surface area contributed by atoms with Crippen LogP contribution < -0.4 is 10.2 Å². The van der Waals surface area contributed by atoms with Gasteiger partial charge in [-0.3, -0.25) is 0 Å². The minimum atomic E-state index is 0.485. The van der Waals surface area contributed by atoms with E-state index in [2.05, 4.69) is 49.2 Å². The first-order chi connectivity index (χ1) is 8.08. The molecular formula is C14H21ClN2. The standard InChI is InChI=1S/C14H21ClN2/c1-10(2)13-5-4-12(8-14(13)15)17-7-6-16-11(3)9-17/h4-5,8,10-11,16H,6-7,9H2,1-3H3/t11-/m1/s1. The fraction of sp³-hybridized carbons (Fsp3) is 0.571. The average molecular weight is 253 g/mol. The van der Waals surface area contributed by atoms with Crippen LogP contribution in [0.25, 0.3) is 0 Å². The van der Waals surface area contributed by atoms with Crippen LogP contribution in [-0.2, 0) is 0 Å². The van der Waals surface area contributed by atoms with E-state index in [9.17, 15) is 0 Å². The Morgan fingerprint density at radius 1 is 1.41 bits per heavy atom. The number of hydrogen-bond acceptors (Lipinski definition) is 2. The summed E-state index contributed by atoms with van der Waals surface area (Å²) in [5.41, 5.74) is 2.48.